The van der Waals surface area contributed by atoms with Gasteiger partial charge in [0.25, 0.3) is 0 Å². The van der Waals surface area contributed by atoms with Crippen LogP contribution in [0.3, 0.4) is 0 Å². The Labute approximate surface area is 117 Å². The number of nitrogen functional groups attached to an aromatic ring is 1. The molecule has 108 valence electrons. The van der Waals surface area contributed by atoms with E-state index in [0.717, 1.165) is 0 Å². The number of rotatable bonds is 6. The van der Waals surface area contributed by atoms with Crippen LogP contribution in [0.2, 0.25) is 5.02 Å². The maximum atomic E-state index is 11.8. The highest BCUT2D eigenvalue weighted by Crippen LogP contribution is 2.21. The van der Waals surface area contributed by atoms with Crippen LogP contribution in [0.5, 0.6) is 0 Å². The Morgan fingerprint density at radius 1 is 1.26 bits per heavy atom. The van der Waals surface area contributed by atoms with Gasteiger partial charge in [-0.2, -0.15) is 0 Å². The molecule has 0 aromatic heterocycles. The molecule has 0 heterocycles. The summed E-state index contributed by atoms with van der Waals surface area (Å²) >= 11 is 5.69. The standard InChI is InChI=1S/C9H14ClN3O4S2/c1-12-18(14,15)5-4-13-19(16,17)7-2-3-8(10)9(11)6-7/h2-3,6,12-13H,4-5,11H2,1H3. The lowest BCUT2D eigenvalue weighted by molar-refractivity contribution is 0.578. The molecule has 0 radical (unpaired) electrons. The quantitative estimate of drug-likeness (QED) is 0.623. The normalized spacial score (nSPS) is 12.5. The van der Waals surface area contributed by atoms with Gasteiger partial charge >= 0.3 is 0 Å². The Bertz CT molecular complexity index is 658. The molecule has 1 aromatic carbocycles. The average Bonchev–Trinajstić information content (AvgIpc) is 2.32. The zero-order valence-corrected chi connectivity index (χ0v) is 12.4. The molecule has 1 rings (SSSR count). The van der Waals surface area contributed by atoms with Gasteiger partial charge < -0.3 is 5.73 Å². The van der Waals surface area contributed by atoms with Crippen molar-refractivity contribution in [1.82, 2.24) is 9.44 Å². The molecule has 19 heavy (non-hydrogen) atoms. The minimum Gasteiger partial charge on any atom is -0.397 e. The zero-order valence-electron chi connectivity index (χ0n) is 10.1. The molecule has 4 N–H and O–H groups in total. The molecule has 10 heteroatoms. The van der Waals surface area contributed by atoms with Crippen LogP contribution < -0.4 is 15.2 Å². The number of hydrogen-bond acceptors (Lipinski definition) is 5. The molecule has 0 saturated carbocycles. The van der Waals surface area contributed by atoms with Gasteiger partial charge in [-0.1, -0.05) is 11.6 Å². The molecule has 0 aliphatic carbocycles. The van der Waals surface area contributed by atoms with Crippen molar-refractivity contribution in [3.63, 3.8) is 0 Å². The Balaban J connectivity index is 2.79. The minimum atomic E-state index is -3.81. The summed E-state index contributed by atoms with van der Waals surface area (Å²) in [5, 5.41) is 0.247. The van der Waals surface area contributed by atoms with E-state index in [-0.39, 0.29) is 27.9 Å². The fourth-order valence-electron chi connectivity index (χ4n) is 1.18. The zero-order chi connectivity index (χ0) is 14.7. The maximum absolute atomic E-state index is 11.8. The molecular weight excluding hydrogens is 314 g/mol. The molecule has 0 saturated heterocycles. The molecule has 0 fully saturated rings. The second kappa shape index (κ2) is 6.06. The number of sulfonamides is 2. The van der Waals surface area contributed by atoms with Gasteiger partial charge in [0, 0.05) is 6.54 Å². The Kier molecular flexibility index (Phi) is 5.16. The van der Waals surface area contributed by atoms with Crippen LogP contribution in [-0.2, 0) is 20.0 Å². The Hall–Kier alpha value is -0.870. The first kappa shape index (κ1) is 16.2. The summed E-state index contributed by atoms with van der Waals surface area (Å²) in [6, 6.07) is 3.85. The molecule has 0 bridgehead atoms. The van der Waals surface area contributed by atoms with Gasteiger partial charge in [0.15, 0.2) is 0 Å². The van der Waals surface area contributed by atoms with Crippen LogP contribution in [0, 0.1) is 0 Å². The van der Waals surface area contributed by atoms with E-state index < -0.39 is 20.0 Å². The molecular formula is C9H14ClN3O4S2. The summed E-state index contributed by atoms with van der Waals surface area (Å²) in [5.74, 6) is -0.355. The van der Waals surface area contributed by atoms with E-state index in [0.29, 0.717) is 0 Å². The summed E-state index contributed by atoms with van der Waals surface area (Å²) in [5.41, 5.74) is 5.64. The smallest absolute Gasteiger partial charge is 0.240 e. The van der Waals surface area contributed by atoms with Crippen LogP contribution in [-0.4, -0.2) is 36.2 Å². The first-order valence-electron chi connectivity index (χ1n) is 5.14. The summed E-state index contributed by atoms with van der Waals surface area (Å²) in [6.07, 6.45) is 0. The molecule has 0 atom stereocenters. The lowest BCUT2D eigenvalue weighted by atomic mass is 10.3. The van der Waals surface area contributed by atoms with Crippen molar-refractivity contribution in [3.8, 4) is 0 Å². The molecule has 0 unspecified atom stereocenters. The van der Waals surface area contributed by atoms with Crippen molar-refractivity contribution in [2.75, 3.05) is 25.1 Å². The van der Waals surface area contributed by atoms with Crippen molar-refractivity contribution < 1.29 is 16.8 Å². The van der Waals surface area contributed by atoms with Crippen molar-refractivity contribution in [2.24, 2.45) is 0 Å². The topological polar surface area (TPSA) is 118 Å². The first-order valence-corrected chi connectivity index (χ1v) is 8.65. The second-order valence-corrected chi connectivity index (χ2v) is 7.82. The van der Waals surface area contributed by atoms with Crippen molar-refractivity contribution in [2.45, 2.75) is 4.90 Å². The monoisotopic (exact) mass is 327 g/mol. The van der Waals surface area contributed by atoms with Gasteiger partial charge in [-0.25, -0.2) is 26.3 Å². The van der Waals surface area contributed by atoms with Crippen LogP contribution in [0.1, 0.15) is 0 Å². The third-order valence-corrected chi connectivity index (χ3v) is 5.42. The maximum Gasteiger partial charge on any atom is 0.240 e. The fourth-order valence-corrected chi connectivity index (χ4v) is 3.07. The first-order chi connectivity index (χ1) is 8.68. The minimum absolute atomic E-state index is 0.0729. The van der Waals surface area contributed by atoms with Gasteiger partial charge in [0.1, 0.15) is 0 Å². The predicted molar refractivity (Wildman–Crippen MR) is 73.9 cm³/mol. The molecule has 0 spiro atoms. The van der Waals surface area contributed by atoms with Crippen molar-refractivity contribution >= 4 is 37.3 Å². The lowest BCUT2D eigenvalue weighted by Gasteiger charge is -2.08. The Morgan fingerprint density at radius 2 is 1.89 bits per heavy atom. The number of nitrogens with two attached hydrogens (primary N) is 1. The highest BCUT2D eigenvalue weighted by atomic mass is 35.5. The highest BCUT2D eigenvalue weighted by Gasteiger charge is 2.16. The van der Waals surface area contributed by atoms with E-state index in [4.69, 9.17) is 17.3 Å². The summed E-state index contributed by atoms with van der Waals surface area (Å²) in [7, 11) is -6.02. The van der Waals surface area contributed by atoms with Crippen LogP contribution in [0.4, 0.5) is 5.69 Å². The summed E-state index contributed by atoms with van der Waals surface area (Å²) in [4.78, 5) is -0.0729. The van der Waals surface area contributed by atoms with Crippen molar-refractivity contribution in [3.05, 3.63) is 23.2 Å². The number of nitrogens with one attached hydrogen (secondary N) is 2. The number of hydrogen-bond donors (Lipinski definition) is 3. The predicted octanol–water partition coefficient (Wildman–Crippen LogP) is -0.250. The fraction of sp³-hybridized carbons (Fsp3) is 0.333. The van der Waals surface area contributed by atoms with Gasteiger partial charge in [0.2, 0.25) is 20.0 Å². The molecule has 0 aliphatic rings. The van der Waals surface area contributed by atoms with E-state index in [2.05, 4.69) is 9.44 Å². The molecule has 0 amide bonds. The Morgan fingerprint density at radius 3 is 2.42 bits per heavy atom. The van der Waals surface area contributed by atoms with E-state index in [1.165, 1.54) is 25.2 Å². The second-order valence-electron chi connectivity index (χ2n) is 3.60. The lowest BCUT2D eigenvalue weighted by Crippen LogP contribution is -2.33. The number of halogens is 1. The van der Waals surface area contributed by atoms with E-state index in [1.807, 2.05) is 0 Å². The summed E-state index contributed by atoms with van der Waals surface area (Å²) < 4.78 is 50.2. The van der Waals surface area contributed by atoms with Crippen LogP contribution in [0.25, 0.3) is 0 Å². The van der Waals surface area contributed by atoms with Gasteiger partial charge in [-0.05, 0) is 25.2 Å². The number of benzene rings is 1. The largest absolute Gasteiger partial charge is 0.397 e. The highest BCUT2D eigenvalue weighted by molar-refractivity contribution is 7.90. The SMILES string of the molecule is CNS(=O)(=O)CCNS(=O)(=O)c1ccc(Cl)c(N)c1. The number of anilines is 1. The van der Waals surface area contributed by atoms with Gasteiger partial charge in [0.05, 0.1) is 21.4 Å². The van der Waals surface area contributed by atoms with Gasteiger partial charge in [-0.3, -0.25) is 0 Å². The average molecular weight is 328 g/mol. The van der Waals surface area contributed by atoms with E-state index >= 15 is 0 Å². The third kappa shape index (κ3) is 4.62. The van der Waals surface area contributed by atoms with Crippen LogP contribution in [0.15, 0.2) is 23.1 Å². The third-order valence-electron chi connectivity index (χ3n) is 2.25. The molecule has 7 nitrogen and oxygen atoms in total. The van der Waals surface area contributed by atoms with Crippen molar-refractivity contribution in [1.29, 1.82) is 0 Å². The van der Waals surface area contributed by atoms with E-state index in [1.54, 1.807) is 0 Å². The molecule has 1 aromatic rings. The molecule has 0 aliphatic heterocycles. The van der Waals surface area contributed by atoms with E-state index in [9.17, 15) is 16.8 Å². The summed E-state index contributed by atoms with van der Waals surface area (Å²) in [6.45, 7) is -0.242. The van der Waals surface area contributed by atoms with Crippen LogP contribution >= 0.6 is 11.6 Å². The van der Waals surface area contributed by atoms with Gasteiger partial charge in [-0.15, -0.1) is 0 Å².